The molecule has 8 nitrogen and oxygen atoms in total. The molecule has 0 aliphatic carbocycles. The molecule has 1 aromatic rings. The molecule has 0 spiro atoms. The number of nitrogens with two attached hydrogens (primary N) is 1. The molecule has 29 heavy (non-hydrogen) atoms. The third-order valence-corrected chi connectivity index (χ3v) is 4.07. The number of amides is 1. The monoisotopic (exact) mass is 396 g/mol. The van der Waals surface area contributed by atoms with E-state index in [0.717, 1.165) is 5.57 Å². The lowest BCUT2D eigenvalue weighted by atomic mass is 9.90. The minimum atomic E-state index is -1.20. The second-order valence-electron chi connectivity index (χ2n) is 6.31. The molecule has 152 valence electrons. The Labute approximate surface area is 169 Å². The van der Waals surface area contributed by atoms with E-state index in [1.807, 2.05) is 6.92 Å². The Kier molecular flexibility index (Phi) is 6.61. The van der Waals surface area contributed by atoms with Gasteiger partial charge in [-0.05, 0) is 26.8 Å². The summed E-state index contributed by atoms with van der Waals surface area (Å²) < 4.78 is 0. The highest BCUT2D eigenvalue weighted by atomic mass is 16.4. The number of carbonyl (C=O) groups is 2. The van der Waals surface area contributed by atoms with Crippen LogP contribution in [0.3, 0.4) is 0 Å². The summed E-state index contributed by atoms with van der Waals surface area (Å²) in [6.07, 6.45) is 4.91. The summed E-state index contributed by atoms with van der Waals surface area (Å²) in [7, 11) is 0. The number of carboxylic acid groups (broad SMARTS) is 1. The highest BCUT2D eigenvalue weighted by Crippen LogP contribution is 2.40. The van der Waals surface area contributed by atoms with Crippen LogP contribution >= 0.6 is 0 Å². The maximum absolute atomic E-state index is 12.7. The summed E-state index contributed by atoms with van der Waals surface area (Å²) in [5.41, 5.74) is 9.43. The van der Waals surface area contributed by atoms with Gasteiger partial charge in [-0.2, -0.15) is 5.10 Å². The van der Waals surface area contributed by atoms with E-state index >= 15 is 0 Å². The molecular weight excluding hydrogens is 372 g/mol. The standard InChI is InChI=1S/C21H24N4O4/c1-5-16-18-13(15(22)10-12(3)4)8-7-9-14(18)20(28)19(25(16)24-6-2)21(29)23-11-17(26)27/h5-10,28H,3,11,22H2,1-2,4H3,(H,23,29)(H,26,27)/b15-10-,16-5+,24-6-. The number of rotatable bonds is 6. The summed E-state index contributed by atoms with van der Waals surface area (Å²) in [6, 6.07) is 5.17. The summed E-state index contributed by atoms with van der Waals surface area (Å²) in [5, 5.41) is 27.5. The fraction of sp³-hybridized carbons (Fsp3) is 0.190. The molecule has 0 unspecified atom stereocenters. The molecule has 8 heteroatoms. The molecule has 0 bridgehead atoms. The van der Waals surface area contributed by atoms with Crippen LogP contribution in [-0.2, 0) is 9.59 Å². The number of fused-ring (bicyclic) bond motifs is 1. The van der Waals surface area contributed by atoms with Crippen LogP contribution in [0.1, 0.15) is 37.5 Å². The first-order valence-electron chi connectivity index (χ1n) is 8.87. The van der Waals surface area contributed by atoms with Gasteiger partial charge in [0.2, 0.25) is 0 Å². The van der Waals surface area contributed by atoms with Crippen LogP contribution < -0.4 is 11.1 Å². The van der Waals surface area contributed by atoms with Crippen molar-refractivity contribution in [2.75, 3.05) is 6.54 Å². The Balaban J connectivity index is 2.78. The van der Waals surface area contributed by atoms with Crippen molar-refractivity contribution in [1.82, 2.24) is 10.3 Å². The average Bonchev–Trinajstić information content (AvgIpc) is 2.66. The van der Waals surface area contributed by atoms with Gasteiger partial charge in [-0.3, -0.25) is 9.59 Å². The van der Waals surface area contributed by atoms with Crippen molar-refractivity contribution in [2.45, 2.75) is 20.8 Å². The summed E-state index contributed by atoms with van der Waals surface area (Å²) in [6.45, 7) is 8.49. The minimum Gasteiger partial charge on any atom is -0.505 e. The van der Waals surface area contributed by atoms with E-state index in [0.29, 0.717) is 28.1 Å². The number of aliphatic hydroxyl groups is 1. The van der Waals surface area contributed by atoms with E-state index < -0.39 is 18.4 Å². The van der Waals surface area contributed by atoms with Crippen LogP contribution in [0.5, 0.6) is 0 Å². The smallest absolute Gasteiger partial charge is 0.322 e. The van der Waals surface area contributed by atoms with Crippen molar-refractivity contribution in [2.24, 2.45) is 10.8 Å². The van der Waals surface area contributed by atoms with Crippen molar-refractivity contribution < 1.29 is 19.8 Å². The first-order chi connectivity index (χ1) is 13.7. The van der Waals surface area contributed by atoms with Gasteiger partial charge in [0.05, 0.1) is 5.70 Å². The first-order valence-corrected chi connectivity index (χ1v) is 8.87. The van der Waals surface area contributed by atoms with Gasteiger partial charge in [-0.1, -0.05) is 36.4 Å². The van der Waals surface area contributed by atoms with Crippen molar-refractivity contribution >= 4 is 35.2 Å². The molecule has 0 saturated carbocycles. The van der Waals surface area contributed by atoms with Crippen molar-refractivity contribution in [3.63, 3.8) is 0 Å². The number of allylic oxidation sites excluding steroid dienone is 3. The Morgan fingerprint density at radius 2 is 2.03 bits per heavy atom. The number of nitrogens with one attached hydrogen (secondary N) is 1. The normalized spacial score (nSPS) is 15.6. The lowest BCUT2D eigenvalue weighted by Crippen LogP contribution is -2.37. The number of aliphatic carboxylic acids is 1. The quantitative estimate of drug-likeness (QED) is 0.432. The Bertz CT molecular complexity index is 986. The number of hydrazone groups is 1. The molecule has 2 rings (SSSR count). The summed E-state index contributed by atoms with van der Waals surface area (Å²) >= 11 is 0. The molecule has 1 aliphatic rings. The van der Waals surface area contributed by atoms with Crippen LogP contribution in [-0.4, -0.2) is 39.9 Å². The van der Waals surface area contributed by atoms with Gasteiger partial charge in [0.25, 0.3) is 5.91 Å². The van der Waals surface area contributed by atoms with Crippen LogP contribution in [0.2, 0.25) is 0 Å². The number of benzene rings is 1. The fourth-order valence-electron chi connectivity index (χ4n) is 3.01. The molecule has 1 aliphatic heterocycles. The molecule has 0 aromatic heterocycles. The van der Waals surface area contributed by atoms with Crippen molar-refractivity contribution in [3.05, 3.63) is 64.9 Å². The van der Waals surface area contributed by atoms with Crippen LogP contribution in [0.15, 0.2) is 53.3 Å². The van der Waals surface area contributed by atoms with Crippen LogP contribution in [0, 0.1) is 0 Å². The lowest BCUT2D eigenvalue weighted by molar-refractivity contribution is -0.137. The Morgan fingerprint density at radius 1 is 1.34 bits per heavy atom. The SMILES string of the molecule is C=C(C)/C=C(\N)c1cccc2c1/C(=C\C)N(/N=C\C)C(C(=O)NCC(=O)O)=C2O. The van der Waals surface area contributed by atoms with E-state index in [2.05, 4.69) is 17.0 Å². The number of hydrogen-bond acceptors (Lipinski definition) is 6. The Hall–Kier alpha value is -3.81. The summed E-state index contributed by atoms with van der Waals surface area (Å²) in [4.78, 5) is 23.5. The average molecular weight is 396 g/mol. The van der Waals surface area contributed by atoms with E-state index in [1.54, 1.807) is 44.2 Å². The lowest BCUT2D eigenvalue weighted by Gasteiger charge is -2.32. The molecule has 0 atom stereocenters. The molecular formula is C21H24N4O4. The van der Waals surface area contributed by atoms with Gasteiger partial charge in [0.15, 0.2) is 11.5 Å². The van der Waals surface area contributed by atoms with Crippen LogP contribution in [0.25, 0.3) is 17.2 Å². The highest BCUT2D eigenvalue weighted by molar-refractivity contribution is 6.05. The number of carbonyl (C=O) groups excluding carboxylic acids is 1. The number of aliphatic hydroxyl groups excluding tert-OH is 1. The van der Waals surface area contributed by atoms with Gasteiger partial charge in [-0.15, -0.1) is 0 Å². The topological polar surface area (TPSA) is 128 Å². The van der Waals surface area contributed by atoms with Crippen LogP contribution in [0.4, 0.5) is 0 Å². The van der Waals surface area contributed by atoms with Crippen molar-refractivity contribution in [1.29, 1.82) is 0 Å². The molecule has 0 saturated heterocycles. The molecule has 0 fully saturated rings. The number of carboxylic acids is 1. The zero-order valence-electron chi connectivity index (χ0n) is 16.6. The number of hydrogen-bond donors (Lipinski definition) is 4. The predicted octanol–water partition coefficient (Wildman–Crippen LogP) is 2.67. The maximum Gasteiger partial charge on any atom is 0.322 e. The van der Waals surface area contributed by atoms with E-state index in [-0.39, 0.29) is 11.5 Å². The number of nitrogens with zero attached hydrogens (tertiary/aromatic N) is 2. The summed E-state index contributed by atoms with van der Waals surface area (Å²) in [5.74, 6) is -2.30. The minimum absolute atomic E-state index is 0.176. The largest absolute Gasteiger partial charge is 0.505 e. The van der Waals surface area contributed by atoms with E-state index in [9.17, 15) is 14.7 Å². The van der Waals surface area contributed by atoms with Gasteiger partial charge in [0, 0.05) is 28.6 Å². The fourth-order valence-corrected chi connectivity index (χ4v) is 3.01. The molecule has 0 radical (unpaired) electrons. The third-order valence-electron chi connectivity index (χ3n) is 4.07. The molecule has 1 heterocycles. The second-order valence-corrected chi connectivity index (χ2v) is 6.31. The zero-order valence-corrected chi connectivity index (χ0v) is 16.6. The molecule has 1 aromatic carbocycles. The molecule has 1 amide bonds. The van der Waals surface area contributed by atoms with E-state index in [1.165, 1.54) is 11.2 Å². The Morgan fingerprint density at radius 3 is 2.59 bits per heavy atom. The van der Waals surface area contributed by atoms with E-state index in [4.69, 9.17) is 10.8 Å². The highest BCUT2D eigenvalue weighted by Gasteiger charge is 2.34. The van der Waals surface area contributed by atoms with Gasteiger partial charge < -0.3 is 21.3 Å². The van der Waals surface area contributed by atoms with Gasteiger partial charge in [0.1, 0.15) is 6.54 Å². The van der Waals surface area contributed by atoms with Gasteiger partial charge in [-0.25, -0.2) is 5.01 Å². The maximum atomic E-state index is 12.7. The molecule has 5 N–H and O–H groups in total. The third kappa shape index (κ3) is 4.37. The van der Waals surface area contributed by atoms with Gasteiger partial charge >= 0.3 is 5.97 Å². The van der Waals surface area contributed by atoms with Crippen molar-refractivity contribution in [3.8, 4) is 0 Å². The first kappa shape index (κ1) is 21.5. The second kappa shape index (κ2) is 8.92. The zero-order chi connectivity index (χ0) is 21.7. The predicted molar refractivity (Wildman–Crippen MR) is 113 cm³/mol.